The lowest BCUT2D eigenvalue weighted by Crippen LogP contribution is -2.44. The zero-order chi connectivity index (χ0) is 12.5. The molecule has 0 bridgehead atoms. The number of nitrogens with one attached hydrogen (secondary N) is 1. The van der Waals surface area contributed by atoms with E-state index in [1.54, 1.807) is 7.11 Å². The van der Waals surface area contributed by atoms with Gasteiger partial charge in [0.2, 0.25) is 0 Å². The van der Waals surface area contributed by atoms with Crippen molar-refractivity contribution in [1.82, 2.24) is 5.32 Å². The Labute approximate surface area is 113 Å². The molecule has 0 saturated carbocycles. The Kier molecular flexibility index (Phi) is 3.35. The fourth-order valence-electron chi connectivity index (χ4n) is 3.13. The molecule has 2 aliphatic rings. The van der Waals surface area contributed by atoms with E-state index in [-0.39, 0.29) is 0 Å². The second-order valence-corrected chi connectivity index (χ2v) is 5.57. The van der Waals surface area contributed by atoms with E-state index in [1.807, 2.05) is 12.1 Å². The van der Waals surface area contributed by atoms with E-state index in [4.69, 9.17) is 16.3 Å². The maximum Gasteiger partial charge on any atom is 0.137 e. The highest BCUT2D eigenvalue weighted by Gasteiger charge is 2.32. The summed E-state index contributed by atoms with van der Waals surface area (Å²) in [4.78, 5) is 2.44. The standard InChI is InChI=1S/C14H19ClN2O/c1-18-14-3-2-11(8-12(14)15)17-7-5-13-10(9-17)4-6-16-13/h2-3,8,10,13,16H,4-7,9H2,1H3. The zero-order valence-corrected chi connectivity index (χ0v) is 11.4. The molecular formula is C14H19ClN2O. The molecule has 0 aromatic heterocycles. The monoisotopic (exact) mass is 266 g/mol. The summed E-state index contributed by atoms with van der Waals surface area (Å²) in [5.74, 6) is 1.54. The molecule has 3 nitrogen and oxygen atoms in total. The zero-order valence-electron chi connectivity index (χ0n) is 10.7. The number of piperidine rings is 1. The quantitative estimate of drug-likeness (QED) is 0.890. The smallest absolute Gasteiger partial charge is 0.137 e. The van der Waals surface area contributed by atoms with Gasteiger partial charge in [0.15, 0.2) is 0 Å². The first-order valence-electron chi connectivity index (χ1n) is 6.60. The van der Waals surface area contributed by atoms with Crippen LogP contribution in [0.15, 0.2) is 18.2 Å². The Morgan fingerprint density at radius 3 is 3.06 bits per heavy atom. The van der Waals surface area contributed by atoms with Crippen LogP contribution in [0.1, 0.15) is 12.8 Å². The van der Waals surface area contributed by atoms with Crippen LogP contribution in [0.5, 0.6) is 5.75 Å². The number of rotatable bonds is 2. The molecule has 3 rings (SSSR count). The fraction of sp³-hybridized carbons (Fsp3) is 0.571. The number of halogens is 1. The molecule has 0 aliphatic carbocycles. The maximum atomic E-state index is 6.20. The van der Waals surface area contributed by atoms with E-state index in [9.17, 15) is 0 Å². The van der Waals surface area contributed by atoms with Gasteiger partial charge in [0.1, 0.15) is 5.75 Å². The molecule has 2 fully saturated rings. The van der Waals surface area contributed by atoms with Gasteiger partial charge in [-0.25, -0.2) is 0 Å². The van der Waals surface area contributed by atoms with Crippen molar-refractivity contribution in [3.63, 3.8) is 0 Å². The van der Waals surface area contributed by atoms with Crippen molar-refractivity contribution in [2.75, 3.05) is 31.6 Å². The number of methoxy groups -OCH3 is 1. The van der Waals surface area contributed by atoms with Gasteiger partial charge in [-0.05, 0) is 43.5 Å². The van der Waals surface area contributed by atoms with Crippen molar-refractivity contribution in [1.29, 1.82) is 0 Å². The van der Waals surface area contributed by atoms with Gasteiger partial charge >= 0.3 is 0 Å². The Bertz CT molecular complexity index is 438. The molecule has 0 radical (unpaired) electrons. The predicted octanol–water partition coefficient (Wildman–Crippen LogP) is 2.54. The summed E-state index contributed by atoms with van der Waals surface area (Å²) in [6.45, 7) is 3.42. The van der Waals surface area contributed by atoms with Crippen LogP contribution >= 0.6 is 11.6 Å². The second kappa shape index (κ2) is 4.98. The number of anilines is 1. The van der Waals surface area contributed by atoms with E-state index in [1.165, 1.54) is 25.1 Å². The first-order chi connectivity index (χ1) is 8.78. The third-order valence-electron chi connectivity index (χ3n) is 4.16. The lowest BCUT2D eigenvalue weighted by atomic mass is 9.93. The minimum atomic E-state index is 0.696. The number of hydrogen-bond acceptors (Lipinski definition) is 3. The average molecular weight is 267 g/mol. The summed E-state index contributed by atoms with van der Waals surface area (Å²) in [5, 5.41) is 4.28. The largest absolute Gasteiger partial charge is 0.495 e. The molecule has 2 unspecified atom stereocenters. The van der Waals surface area contributed by atoms with Crippen molar-refractivity contribution in [2.45, 2.75) is 18.9 Å². The molecule has 1 N–H and O–H groups in total. The van der Waals surface area contributed by atoms with E-state index in [2.05, 4.69) is 16.3 Å². The molecule has 0 amide bonds. The van der Waals surface area contributed by atoms with Crippen LogP contribution in [0, 0.1) is 5.92 Å². The Morgan fingerprint density at radius 2 is 2.28 bits per heavy atom. The molecule has 1 aromatic rings. The number of benzene rings is 1. The first kappa shape index (κ1) is 12.1. The number of ether oxygens (including phenoxy) is 1. The van der Waals surface area contributed by atoms with Crippen LogP contribution in [0.3, 0.4) is 0 Å². The molecule has 1 aromatic carbocycles. The minimum Gasteiger partial charge on any atom is -0.495 e. The maximum absolute atomic E-state index is 6.20. The van der Waals surface area contributed by atoms with E-state index in [0.29, 0.717) is 5.02 Å². The Hall–Kier alpha value is -0.930. The summed E-state index contributed by atoms with van der Waals surface area (Å²) in [6, 6.07) is 6.81. The van der Waals surface area contributed by atoms with Crippen LogP contribution in [0.2, 0.25) is 5.02 Å². The summed E-state index contributed by atoms with van der Waals surface area (Å²) < 4.78 is 5.20. The summed E-state index contributed by atoms with van der Waals surface area (Å²) in [6.07, 6.45) is 2.53. The van der Waals surface area contributed by atoms with Gasteiger partial charge in [-0.1, -0.05) is 11.6 Å². The number of fused-ring (bicyclic) bond motifs is 1. The van der Waals surface area contributed by atoms with Gasteiger partial charge in [-0.2, -0.15) is 0 Å². The van der Waals surface area contributed by atoms with Gasteiger partial charge < -0.3 is 15.0 Å². The third kappa shape index (κ3) is 2.17. The van der Waals surface area contributed by atoms with E-state index in [0.717, 1.165) is 30.8 Å². The molecule has 4 heteroatoms. The molecule has 2 heterocycles. The molecule has 2 aliphatic heterocycles. The van der Waals surface area contributed by atoms with Crippen molar-refractivity contribution < 1.29 is 4.74 Å². The summed E-state index contributed by atoms with van der Waals surface area (Å²) in [5.41, 5.74) is 1.21. The second-order valence-electron chi connectivity index (χ2n) is 5.16. The molecule has 2 atom stereocenters. The Morgan fingerprint density at radius 1 is 1.39 bits per heavy atom. The van der Waals surface area contributed by atoms with Crippen LogP contribution in [-0.2, 0) is 0 Å². The van der Waals surface area contributed by atoms with Crippen molar-refractivity contribution in [3.05, 3.63) is 23.2 Å². The van der Waals surface area contributed by atoms with E-state index >= 15 is 0 Å². The highest BCUT2D eigenvalue weighted by atomic mass is 35.5. The van der Waals surface area contributed by atoms with Crippen molar-refractivity contribution >= 4 is 17.3 Å². The Balaban J connectivity index is 1.76. The van der Waals surface area contributed by atoms with Crippen LogP contribution in [0.25, 0.3) is 0 Å². The SMILES string of the molecule is COc1ccc(N2CCC3NCCC3C2)cc1Cl. The average Bonchev–Trinajstić information content (AvgIpc) is 2.85. The van der Waals surface area contributed by atoms with Crippen molar-refractivity contribution in [3.8, 4) is 5.75 Å². The normalized spacial score (nSPS) is 27.1. The van der Waals surface area contributed by atoms with Gasteiger partial charge in [0.25, 0.3) is 0 Å². The van der Waals surface area contributed by atoms with Gasteiger partial charge in [-0.15, -0.1) is 0 Å². The first-order valence-corrected chi connectivity index (χ1v) is 6.97. The molecular weight excluding hydrogens is 248 g/mol. The molecule has 2 saturated heterocycles. The third-order valence-corrected chi connectivity index (χ3v) is 4.45. The van der Waals surface area contributed by atoms with Gasteiger partial charge in [0, 0.05) is 24.8 Å². The van der Waals surface area contributed by atoms with Crippen LogP contribution in [-0.4, -0.2) is 32.8 Å². The van der Waals surface area contributed by atoms with Crippen molar-refractivity contribution in [2.24, 2.45) is 5.92 Å². The topological polar surface area (TPSA) is 24.5 Å². The number of nitrogens with zero attached hydrogens (tertiary/aromatic N) is 1. The summed E-state index contributed by atoms with van der Waals surface area (Å²) >= 11 is 6.20. The van der Waals surface area contributed by atoms with Crippen LogP contribution < -0.4 is 15.0 Å². The lowest BCUT2D eigenvalue weighted by molar-refractivity contribution is 0.376. The van der Waals surface area contributed by atoms with E-state index < -0.39 is 0 Å². The highest BCUT2D eigenvalue weighted by Crippen LogP contribution is 2.32. The lowest BCUT2D eigenvalue weighted by Gasteiger charge is -2.36. The number of hydrogen-bond donors (Lipinski definition) is 1. The summed E-state index contributed by atoms with van der Waals surface area (Å²) in [7, 11) is 1.65. The molecule has 18 heavy (non-hydrogen) atoms. The fourth-order valence-corrected chi connectivity index (χ4v) is 3.39. The molecule has 0 spiro atoms. The van der Waals surface area contributed by atoms with Crippen LogP contribution in [0.4, 0.5) is 5.69 Å². The van der Waals surface area contributed by atoms with Gasteiger partial charge in [0.05, 0.1) is 12.1 Å². The highest BCUT2D eigenvalue weighted by molar-refractivity contribution is 6.32. The minimum absolute atomic E-state index is 0.696. The van der Waals surface area contributed by atoms with Gasteiger partial charge in [-0.3, -0.25) is 0 Å². The predicted molar refractivity (Wildman–Crippen MR) is 74.7 cm³/mol. The molecule has 98 valence electrons.